The van der Waals surface area contributed by atoms with E-state index in [9.17, 15) is 19.2 Å². The highest BCUT2D eigenvalue weighted by Gasteiger charge is 2.50. The molecular weight excluding hydrogens is 560 g/mol. The van der Waals surface area contributed by atoms with E-state index < -0.39 is 12.1 Å². The Morgan fingerprint density at radius 3 is 2.70 bits per heavy atom. The first-order valence-corrected chi connectivity index (χ1v) is 15.4. The van der Waals surface area contributed by atoms with E-state index in [0.717, 1.165) is 35.7 Å². The van der Waals surface area contributed by atoms with Crippen molar-refractivity contribution in [1.82, 2.24) is 30.5 Å². The van der Waals surface area contributed by atoms with E-state index >= 15 is 0 Å². The molecule has 2 aliphatic heterocycles. The minimum atomic E-state index is -0.897. The van der Waals surface area contributed by atoms with Crippen molar-refractivity contribution in [2.75, 3.05) is 20.2 Å². The highest BCUT2D eigenvalue weighted by molar-refractivity contribution is 6.04. The number of hydrogen-bond donors (Lipinski definition) is 4. The van der Waals surface area contributed by atoms with Gasteiger partial charge >= 0.3 is 0 Å². The molecule has 2 aromatic heterocycles. The van der Waals surface area contributed by atoms with E-state index in [1.165, 1.54) is 0 Å². The van der Waals surface area contributed by atoms with Crippen LogP contribution in [0.3, 0.4) is 0 Å². The molecule has 7 rings (SSSR count). The summed E-state index contributed by atoms with van der Waals surface area (Å²) in [5.41, 5.74) is 2.56. The lowest BCUT2D eigenvalue weighted by Crippen LogP contribution is -2.53. The van der Waals surface area contributed by atoms with Gasteiger partial charge in [0.2, 0.25) is 17.6 Å². The number of carbonyl (C=O) groups excluding carboxylic acids is 4. The lowest BCUT2D eigenvalue weighted by molar-refractivity contribution is -0.126. The molecule has 1 saturated carbocycles. The molecule has 11 heteroatoms. The number of amides is 3. The lowest BCUT2D eigenvalue weighted by atomic mass is 9.92. The number of para-hydroxylation sites is 2. The van der Waals surface area contributed by atoms with Crippen molar-refractivity contribution in [2.45, 2.75) is 50.6 Å². The fourth-order valence-corrected chi connectivity index (χ4v) is 7.47. The van der Waals surface area contributed by atoms with Gasteiger partial charge in [0.15, 0.2) is 5.82 Å². The Morgan fingerprint density at radius 1 is 1.07 bits per heavy atom. The van der Waals surface area contributed by atoms with Crippen LogP contribution in [-0.2, 0) is 9.59 Å². The topological polar surface area (TPSA) is 149 Å². The third kappa shape index (κ3) is 4.99. The smallest absolute Gasteiger partial charge is 0.271 e. The average molecular weight is 597 g/mol. The Kier molecular flexibility index (Phi) is 7.31. The highest BCUT2D eigenvalue weighted by atomic mass is 16.5. The summed E-state index contributed by atoms with van der Waals surface area (Å²) in [4.78, 5) is 66.8. The molecule has 5 atom stereocenters. The van der Waals surface area contributed by atoms with Gasteiger partial charge in [-0.3, -0.25) is 19.2 Å². The first kappa shape index (κ1) is 28.1. The number of nitrogens with zero attached hydrogens (tertiary/aromatic N) is 2. The number of nitrogens with one attached hydrogen (secondary N) is 4. The highest BCUT2D eigenvalue weighted by Crippen LogP contribution is 2.43. The minimum absolute atomic E-state index is 0.0143. The summed E-state index contributed by atoms with van der Waals surface area (Å²) in [6.07, 6.45) is 4.24. The van der Waals surface area contributed by atoms with E-state index in [0.29, 0.717) is 42.9 Å². The van der Waals surface area contributed by atoms with Gasteiger partial charge < -0.3 is 30.2 Å². The van der Waals surface area contributed by atoms with E-state index in [1.54, 1.807) is 18.1 Å². The predicted octanol–water partition coefficient (Wildman–Crippen LogP) is 3.58. The van der Waals surface area contributed by atoms with Gasteiger partial charge in [-0.15, -0.1) is 0 Å². The zero-order valence-electron chi connectivity index (χ0n) is 24.6. The van der Waals surface area contributed by atoms with Crippen molar-refractivity contribution in [1.29, 1.82) is 0 Å². The van der Waals surface area contributed by atoms with Gasteiger partial charge in [-0.25, -0.2) is 4.98 Å². The first-order valence-electron chi connectivity index (χ1n) is 15.4. The predicted molar refractivity (Wildman–Crippen MR) is 163 cm³/mol. The van der Waals surface area contributed by atoms with Gasteiger partial charge in [0.1, 0.15) is 17.5 Å². The number of aromatic nitrogens is 3. The zero-order chi connectivity index (χ0) is 30.4. The summed E-state index contributed by atoms with van der Waals surface area (Å²) in [5.74, 6) is -0.100. The molecule has 4 N–H and O–H groups in total. The maximum absolute atomic E-state index is 14.2. The van der Waals surface area contributed by atoms with Crippen molar-refractivity contribution < 1.29 is 23.9 Å². The number of aromatic amines is 2. The molecule has 0 radical (unpaired) electrons. The molecule has 2 saturated heterocycles. The molecule has 3 aliphatic rings. The normalized spacial score (nSPS) is 23.6. The number of ketones is 1. The summed E-state index contributed by atoms with van der Waals surface area (Å²) in [7, 11) is 1.59. The largest absolute Gasteiger partial charge is 0.496 e. The number of rotatable bonds is 9. The van der Waals surface area contributed by atoms with E-state index in [-0.39, 0.29) is 53.5 Å². The maximum atomic E-state index is 14.2. The molecule has 2 aromatic carbocycles. The number of hydrogen-bond acceptors (Lipinski definition) is 6. The van der Waals surface area contributed by atoms with Gasteiger partial charge in [-0.05, 0) is 74.3 Å². The molecule has 3 amide bonds. The van der Waals surface area contributed by atoms with Crippen LogP contribution in [0.4, 0.5) is 0 Å². The molecule has 3 fully saturated rings. The summed E-state index contributed by atoms with van der Waals surface area (Å²) >= 11 is 0. The minimum Gasteiger partial charge on any atom is -0.496 e. The second-order valence-electron chi connectivity index (χ2n) is 12.2. The lowest BCUT2D eigenvalue weighted by Gasteiger charge is -2.28. The van der Waals surface area contributed by atoms with Crippen molar-refractivity contribution in [2.24, 2.45) is 17.8 Å². The number of imidazole rings is 1. The summed E-state index contributed by atoms with van der Waals surface area (Å²) < 4.78 is 5.48. The van der Waals surface area contributed by atoms with Crippen LogP contribution in [0, 0.1) is 17.8 Å². The fraction of sp³-hybridized carbons (Fsp3) is 0.424. The van der Waals surface area contributed by atoms with Crippen molar-refractivity contribution in [3.63, 3.8) is 0 Å². The van der Waals surface area contributed by atoms with Crippen molar-refractivity contribution in [3.8, 4) is 5.75 Å². The maximum Gasteiger partial charge on any atom is 0.271 e. The van der Waals surface area contributed by atoms with Gasteiger partial charge in [0, 0.05) is 29.9 Å². The molecule has 4 heterocycles. The van der Waals surface area contributed by atoms with E-state index in [1.807, 2.05) is 42.5 Å². The monoisotopic (exact) mass is 596 g/mol. The number of carbonyl (C=O) groups is 4. The van der Waals surface area contributed by atoms with Gasteiger partial charge in [0.25, 0.3) is 5.91 Å². The summed E-state index contributed by atoms with van der Waals surface area (Å²) in [6, 6.07) is 13.1. The Morgan fingerprint density at radius 2 is 1.91 bits per heavy atom. The molecule has 0 bridgehead atoms. The second kappa shape index (κ2) is 11.4. The van der Waals surface area contributed by atoms with Crippen LogP contribution in [-0.4, -0.2) is 75.6 Å². The number of ether oxygens (including phenoxy) is 1. The summed E-state index contributed by atoms with van der Waals surface area (Å²) in [5, 5.41) is 6.68. The molecule has 1 aliphatic carbocycles. The van der Waals surface area contributed by atoms with Crippen LogP contribution in [0.5, 0.6) is 5.75 Å². The number of fused-ring (bicyclic) bond motifs is 3. The summed E-state index contributed by atoms with van der Waals surface area (Å²) in [6.45, 7) is 1.10. The Balaban J connectivity index is 1.16. The molecule has 0 spiro atoms. The fourth-order valence-electron chi connectivity index (χ4n) is 7.47. The van der Waals surface area contributed by atoms with Crippen molar-refractivity contribution >= 4 is 45.4 Å². The zero-order valence-corrected chi connectivity index (χ0v) is 24.6. The SMILES string of the molecule is COc1cccc2[nH]c(C(=O)N3C[C@@H]4CCC[C@@H]4[C@H]3C(=O)N[C@@H](CC[C@@H]3CCNC3=O)C(=O)c3nc4ccccc4[nH]3)cc12. The molecule has 11 nitrogen and oxygen atoms in total. The molecule has 0 unspecified atom stereocenters. The Hall–Kier alpha value is -4.67. The molecule has 4 aromatic rings. The van der Waals surface area contributed by atoms with Crippen LogP contribution < -0.4 is 15.4 Å². The average Bonchev–Trinajstić information content (AvgIpc) is 3.86. The van der Waals surface area contributed by atoms with Crippen molar-refractivity contribution in [3.05, 3.63) is 60.0 Å². The molecule has 228 valence electrons. The number of H-pyrrole nitrogens is 2. The number of likely N-dealkylation sites (tertiary alicyclic amines) is 1. The number of Topliss-reactive ketones (excluding diaryl/α,β-unsaturated/α-hetero) is 1. The molecular formula is C33H36N6O5. The van der Waals surface area contributed by atoms with Gasteiger partial charge in [-0.1, -0.05) is 24.6 Å². The Bertz CT molecular complexity index is 1730. The van der Waals surface area contributed by atoms with Crippen LogP contribution in [0.1, 0.15) is 59.6 Å². The van der Waals surface area contributed by atoms with Gasteiger partial charge in [0.05, 0.1) is 24.2 Å². The Labute approximate surface area is 254 Å². The molecule has 44 heavy (non-hydrogen) atoms. The van der Waals surface area contributed by atoms with Gasteiger partial charge in [-0.2, -0.15) is 0 Å². The quantitative estimate of drug-likeness (QED) is 0.217. The van der Waals surface area contributed by atoms with Crippen LogP contribution in [0.15, 0.2) is 48.5 Å². The van der Waals surface area contributed by atoms with Crippen LogP contribution in [0.25, 0.3) is 21.9 Å². The number of methoxy groups -OCH3 is 1. The van der Waals surface area contributed by atoms with Crippen LogP contribution >= 0.6 is 0 Å². The standard InChI is InChI=1S/C33H36N6O5/c1-44-27-11-5-10-22-21(27)16-26(35-22)33(43)39-17-19-6-4-7-20(19)28(39)32(42)38-25(13-12-18-14-15-34-31(18)41)29(40)30-36-23-8-2-3-9-24(23)37-30/h2-3,5,8-11,16,18-20,25,28,35H,4,6-7,12-15,17H2,1H3,(H,34,41)(H,36,37)(H,38,42)/t18-,19+,20+,25+,28+/m1/s1. The first-order chi connectivity index (χ1) is 21.4. The van der Waals surface area contributed by atoms with E-state index in [4.69, 9.17) is 4.74 Å². The number of benzene rings is 2. The second-order valence-corrected chi connectivity index (χ2v) is 12.2. The van der Waals surface area contributed by atoms with E-state index in [2.05, 4.69) is 25.6 Å². The van der Waals surface area contributed by atoms with Crippen LogP contribution in [0.2, 0.25) is 0 Å². The third-order valence-electron chi connectivity index (χ3n) is 9.72. The third-order valence-corrected chi connectivity index (χ3v) is 9.72.